The summed E-state index contributed by atoms with van der Waals surface area (Å²) in [6.07, 6.45) is -3.43. The zero-order valence-electron chi connectivity index (χ0n) is 17.0. The van der Waals surface area contributed by atoms with Crippen molar-refractivity contribution >= 4 is 39.1 Å². The number of hydrogen-bond acceptors (Lipinski definition) is 6. The second-order valence-corrected chi connectivity index (χ2v) is 8.00. The third-order valence-electron chi connectivity index (χ3n) is 4.94. The summed E-state index contributed by atoms with van der Waals surface area (Å²) in [6.45, 7) is 3.34. The van der Waals surface area contributed by atoms with Gasteiger partial charge in [0.25, 0.3) is 11.8 Å². The van der Waals surface area contributed by atoms with Crippen LogP contribution in [0.3, 0.4) is 0 Å². The molecule has 12 heteroatoms. The van der Waals surface area contributed by atoms with E-state index in [0.717, 1.165) is 6.07 Å². The molecule has 0 atom stereocenters. The molecule has 0 spiro atoms. The largest absolute Gasteiger partial charge is 0.464 e. The van der Waals surface area contributed by atoms with Crippen molar-refractivity contribution in [3.05, 3.63) is 52.0 Å². The lowest BCUT2D eigenvalue weighted by Crippen LogP contribution is -2.18. The Balaban J connectivity index is 1.98. The summed E-state index contributed by atoms with van der Waals surface area (Å²) in [6, 6.07) is 3.79. The summed E-state index contributed by atoms with van der Waals surface area (Å²) >= 11 is 0.662. The van der Waals surface area contributed by atoms with Crippen LogP contribution < -0.4 is 11.1 Å². The number of nitrogens with two attached hydrogens (primary N) is 1. The predicted octanol–water partition coefficient (Wildman–Crippen LogP) is 4.28. The monoisotopic (exact) mass is 463 g/mol. The number of thiophene rings is 1. The normalized spacial score (nSPS) is 11.8. The summed E-state index contributed by atoms with van der Waals surface area (Å²) in [5.74, 6) is -1.39. The SMILES string of the molecule is Cc1nn(C)c(C)c1C(=O)Nc1c(C(N)=O)sc2nc(C(F)(F)F)cc(-c3ccco3)c12. The molecule has 4 rings (SSSR count). The van der Waals surface area contributed by atoms with Gasteiger partial charge in [0.05, 0.1) is 23.2 Å². The van der Waals surface area contributed by atoms with E-state index in [9.17, 15) is 22.8 Å². The molecule has 0 aromatic carbocycles. The zero-order valence-corrected chi connectivity index (χ0v) is 17.8. The Bertz CT molecular complexity index is 1370. The fourth-order valence-corrected chi connectivity index (χ4v) is 4.45. The summed E-state index contributed by atoms with van der Waals surface area (Å²) in [7, 11) is 1.67. The van der Waals surface area contributed by atoms with Crippen molar-refractivity contribution in [2.75, 3.05) is 5.32 Å². The van der Waals surface area contributed by atoms with E-state index in [-0.39, 0.29) is 37.7 Å². The molecule has 0 aliphatic rings. The van der Waals surface area contributed by atoms with Crippen molar-refractivity contribution in [2.45, 2.75) is 20.0 Å². The van der Waals surface area contributed by atoms with Gasteiger partial charge in [0.1, 0.15) is 21.2 Å². The van der Waals surface area contributed by atoms with Crippen molar-refractivity contribution in [2.24, 2.45) is 12.8 Å². The minimum Gasteiger partial charge on any atom is -0.464 e. The molecule has 0 aliphatic carbocycles. The number of fused-ring (bicyclic) bond motifs is 1. The van der Waals surface area contributed by atoms with Crippen LogP contribution in [0.4, 0.5) is 18.9 Å². The summed E-state index contributed by atoms with van der Waals surface area (Å²) in [5, 5.41) is 6.96. The van der Waals surface area contributed by atoms with Gasteiger partial charge in [0, 0.05) is 23.7 Å². The van der Waals surface area contributed by atoms with Gasteiger partial charge in [0.15, 0.2) is 0 Å². The number of nitrogens with zero attached hydrogens (tertiary/aromatic N) is 3. The van der Waals surface area contributed by atoms with Gasteiger partial charge >= 0.3 is 6.18 Å². The lowest BCUT2D eigenvalue weighted by atomic mass is 10.1. The fraction of sp³-hybridized carbons (Fsp3) is 0.200. The molecule has 4 aromatic heterocycles. The second kappa shape index (κ2) is 7.48. The predicted molar refractivity (Wildman–Crippen MR) is 111 cm³/mol. The highest BCUT2D eigenvalue weighted by Gasteiger charge is 2.35. The van der Waals surface area contributed by atoms with Crippen molar-refractivity contribution in [3.8, 4) is 11.3 Å². The summed E-state index contributed by atoms with van der Waals surface area (Å²) < 4.78 is 47.2. The maximum Gasteiger partial charge on any atom is 0.433 e. The van der Waals surface area contributed by atoms with Gasteiger partial charge in [-0.25, -0.2) is 4.98 Å². The molecule has 0 fully saturated rings. The molecule has 8 nitrogen and oxygen atoms in total. The Kier molecular flexibility index (Phi) is 5.04. The molecular weight excluding hydrogens is 447 g/mol. The third-order valence-corrected chi connectivity index (χ3v) is 6.04. The number of aryl methyl sites for hydroxylation is 2. The highest BCUT2D eigenvalue weighted by atomic mass is 32.1. The highest BCUT2D eigenvalue weighted by Crippen LogP contribution is 2.43. The Morgan fingerprint density at radius 1 is 1.28 bits per heavy atom. The first-order chi connectivity index (χ1) is 15.0. The summed E-state index contributed by atoms with van der Waals surface area (Å²) in [5.41, 5.74) is 5.61. The van der Waals surface area contributed by atoms with E-state index in [2.05, 4.69) is 15.4 Å². The van der Waals surface area contributed by atoms with Gasteiger partial charge in [-0.05, 0) is 32.0 Å². The van der Waals surface area contributed by atoms with Gasteiger partial charge in [-0.2, -0.15) is 18.3 Å². The van der Waals surface area contributed by atoms with E-state index in [1.807, 2.05) is 0 Å². The molecule has 3 N–H and O–H groups in total. The number of halogens is 3. The molecule has 0 aliphatic heterocycles. The molecule has 0 bridgehead atoms. The van der Waals surface area contributed by atoms with E-state index in [1.54, 1.807) is 20.9 Å². The molecule has 32 heavy (non-hydrogen) atoms. The number of nitrogens with one attached hydrogen (secondary N) is 1. The summed E-state index contributed by atoms with van der Waals surface area (Å²) in [4.78, 5) is 28.6. The second-order valence-electron chi connectivity index (χ2n) is 7.00. The molecule has 0 saturated carbocycles. The molecule has 0 unspecified atom stereocenters. The molecule has 2 amide bonds. The Labute approximate surface area is 182 Å². The van der Waals surface area contributed by atoms with Crippen LogP contribution in [-0.2, 0) is 13.2 Å². The van der Waals surface area contributed by atoms with Gasteiger partial charge < -0.3 is 15.5 Å². The standard InChI is InChI=1S/C20H16F3N5O3S/c1-8-13(9(2)28(3)27-8)18(30)26-15-14-10(11-5-4-6-31-11)7-12(20(21,22)23)25-19(14)32-16(15)17(24)29/h4-7H,1-3H3,(H2,24,29)(H,26,30). The quantitative estimate of drug-likeness (QED) is 0.469. The number of hydrogen-bond donors (Lipinski definition) is 2. The van der Waals surface area contributed by atoms with E-state index < -0.39 is 23.7 Å². The number of primary amides is 1. The van der Waals surface area contributed by atoms with Crippen LogP contribution in [0.1, 0.15) is 37.1 Å². The molecule has 4 heterocycles. The number of anilines is 1. The number of carbonyl (C=O) groups excluding carboxylic acids is 2. The lowest BCUT2D eigenvalue weighted by molar-refractivity contribution is -0.140. The van der Waals surface area contributed by atoms with E-state index in [0.29, 0.717) is 22.7 Å². The van der Waals surface area contributed by atoms with Crippen LogP contribution in [0.25, 0.3) is 21.5 Å². The minimum atomic E-state index is -4.74. The number of rotatable bonds is 4. The van der Waals surface area contributed by atoms with Crippen molar-refractivity contribution < 1.29 is 27.2 Å². The molecular formula is C20H16F3N5O3S. The topological polar surface area (TPSA) is 116 Å². The van der Waals surface area contributed by atoms with Crippen LogP contribution in [0.2, 0.25) is 0 Å². The molecule has 4 aromatic rings. The number of carbonyl (C=O) groups is 2. The number of pyridine rings is 1. The van der Waals surface area contributed by atoms with Crippen LogP contribution in [0.15, 0.2) is 28.9 Å². The van der Waals surface area contributed by atoms with Crippen molar-refractivity contribution in [1.82, 2.24) is 14.8 Å². The molecule has 0 radical (unpaired) electrons. The fourth-order valence-electron chi connectivity index (χ4n) is 3.44. The average Bonchev–Trinajstić information content (AvgIpc) is 3.40. The van der Waals surface area contributed by atoms with E-state index >= 15 is 0 Å². The first-order valence-corrected chi connectivity index (χ1v) is 10.0. The van der Waals surface area contributed by atoms with Crippen LogP contribution in [0, 0.1) is 13.8 Å². The zero-order chi connectivity index (χ0) is 23.4. The average molecular weight is 463 g/mol. The number of aromatic nitrogens is 3. The minimum absolute atomic E-state index is 0.0194. The number of alkyl halides is 3. The van der Waals surface area contributed by atoms with Gasteiger partial charge in [-0.15, -0.1) is 11.3 Å². The Morgan fingerprint density at radius 2 is 2.00 bits per heavy atom. The Hall–Kier alpha value is -3.67. The van der Waals surface area contributed by atoms with Crippen molar-refractivity contribution in [1.29, 1.82) is 0 Å². The molecule has 0 saturated heterocycles. The van der Waals surface area contributed by atoms with Gasteiger partial charge in [-0.1, -0.05) is 0 Å². The lowest BCUT2D eigenvalue weighted by Gasteiger charge is -2.11. The highest BCUT2D eigenvalue weighted by molar-refractivity contribution is 7.21. The maximum atomic E-state index is 13.5. The van der Waals surface area contributed by atoms with Crippen LogP contribution in [0.5, 0.6) is 0 Å². The smallest absolute Gasteiger partial charge is 0.433 e. The number of amides is 2. The van der Waals surface area contributed by atoms with E-state index in [1.165, 1.54) is 23.1 Å². The van der Waals surface area contributed by atoms with Gasteiger partial charge in [-0.3, -0.25) is 14.3 Å². The molecule has 166 valence electrons. The third kappa shape index (κ3) is 3.51. The van der Waals surface area contributed by atoms with E-state index in [4.69, 9.17) is 10.2 Å². The first-order valence-electron chi connectivity index (χ1n) is 9.19. The first kappa shape index (κ1) is 21.6. The number of furan rings is 1. The Morgan fingerprint density at radius 3 is 2.53 bits per heavy atom. The van der Waals surface area contributed by atoms with Crippen LogP contribution >= 0.6 is 11.3 Å². The maximum absolute atomic E-state index is 13.5. The van der Waals surface area contributed by atoms with Gasteiger partial charge in [0.2, 0.25) is 0 Å². The van der Waals surface area contributed by atoms with Crippen LogP contribution in [-0.4, -0.2) is 26.6 Å². The van der Waals surface area contributed by atoms with Crippen molar-refractivity contribution in [3.63, 3.8) is 0 Å².